The zero-order valence-electron chi connectivity index (χ0n) is 14.2. The lowest BCUT2D eigenvalue weighted by atomic mass is 9.99. The normalized spacial score (nSPS) is 16.6. The molecule has 1 saturated heterocycles. The first-order valence-corrected chi connectivity index (χ1v) is 8.57. The number of para-hydroxylation sites is 1. The van der Waals surface area contributed by atoms with E-state index in [0.717, 1.165) is 30.9 Å². The van der Waals surface area contributed by atoms with E-state index in [9.17, 15) is 4.79 Å². The molecule has 2 aromatic rings. The van der Waals surface area contributed by atoms with E-state index in [1.807, 2.05) is 54.6 Å². The molecule has 1 amide bonds. The lowest BCUT2D eigenvalue weighted by molar-refractivity contribution is 0.0945. The lowest BCUT2D eigenvalue weighted by Crippen LogP contribution is -2.38. The summed E-state index contributed by atoms with van der Waals surface area (Å²) in [6.07, 6.45) is 2.37. The smallest absolute Gasteiger partial charge is 0.251 e. The highest BCUT2D eigenvalue weighted by Crippen LogP contribution is 2.13. The Labute approximate surface area is 155 Å². The van der Waals surface area contributed by atoms with E-state index in [1.54, 1.807) is 0 Å². The summed E-state index contributed by atoms with van der Waals surface area (Å²) in [5.74, 6) is 1.39. The van der Waals surface area contributed by atoms with Crippen LogP contribution in [0.3, 0.4) is 0 Å². The largest absolute Gasteiger partial charge is 0.489 e. The number of carbonyl (C=O) groups is 1. The van der Waals surface area contributed by atoms with Crippen LogP contribution in [0.2, 0.25) is 0 Å². The maximum absolute atomic E-state index is 12.2. The molecule has 0 spiro atoms. The van der Waals surface area contributed by atoms with E-state index in [0.29, 0.717) is 18.1 Å². The average molecular weight is 361 g/mol. The van der Waals surface area contributed by atoms with Gasteiger partial charge in [0.15, 0.2) is 0 Å². The van der Waals surface area contributed by atoms with Crippen molar-refractivity contribution in [1.29, 1.82) is 0 Å². The minimum absolute atomic E-state index is 0. The highest BCUT2D eigenvalue weighted by Gasteiger charge is 2.14. The molecule has 0 bridgehead atoms. The fraction of sp³-hybridized carbons (Fsp3) is 0.350. The third kappa shape index (κ3) is 6.07. The highest BCUT2D eigenvalue weighted by molar-refractivity contribution is 5.94. The van der Waals surface area contributed by atoms with Crippen LogP contribution in [0, 0.1) is 5.92 Å². The first-order chi connectivity index (χ1) is 11.8. The van der Waals surface area contributed by atoms with Gasteiger partial charge in [0.1, 0.15) is 12.4 Å². The fourth-order valence-corrected chi connectivity index (χ4v) is 2.87. The fourth-order valence-electron chi connectivity index (χ4n) is 2.87. The van der Waals surface area contributed by atoms with Crippen molar-refractivity contribution in [2.45, 2.75) is 19.4 Å². The summed E-state index contributed by atoms with van der Waals surface area (Å²) in [5, 5.41) is 6.40. The van der Waals surface area contributed by atoms with Gasteiger partial charge in [0.05, 0.1) is 0 Å². The molecule has 1 aliphatic heterocycles. The van der Waals surface area contributed by atoms with E-state index in [1.165, 1.54) is 12.8 Å². The number of hydrogen-bond acceptors (Lipinski definition) is 3. The molecule has 1 aliphatic rings. The minimum Gasteiger partial charge on any atom is -0.489 e. The van der Waals surface area contributed by atoms with Gasteiger partial charge < -0.3 is 15.4 Å². The number of halogens is 1. The van der Waals surface area contributed by atoms with Crippen LogP contribution < -0.4 is 15.4 Å². The van der Waals surface area contributed by atoms with Crippen molar-refractivity contribution in [2.75, 3.05) is 19.6 Å². The molecule has 1 unspecified atom stereocenters. The zero-order chi connectivity index (χ0) is 16.6. The third-order valence-electron chi connectivity index (χ3n) is 4.32. The van der Waals surface area contributed by atoms with Crippen LogP contribution in [0.4, 0.5) is 0 Å². The molecule has 25 heavy (non-hydrogen) atoms. The van der Waals surface area contributed by atoms with Gasteiger partial charge in [-0.2, -0.15) is 0 Å². The SMILES string of the molecule is Cl.O=C(NCC1CCCNC1)c1ccc(COc2ccccc2)cc1. The summed E-state index contributed by atoms with van der Waals surface area (Å²) < 4.78 is 5.71. The molecule has 2 N–H and O–H groups in total. The van der Waals surface area contributed by atoms with Gasteiger partial charge in [-0.1, -0.05) is 30.3 Å². The van der Waals surface area contributed by atoms with Gasteiger partial charge in [-0.3, -0.25) is 4.79 Å². The summed E-state index contributed by atoms with van der Waals surface area (Å²) in [7, 11) is 0. The number of carbonyl (C=O) groups excluding carboxylic acids is 1. The predicted octanol–water partition coefficient (Wildman–Crippen LogP) is 3.42. The monoisotopic (exact) mass is 360 g/mol. The Morgan fingerprint density at radius 1 is 1.12 bits per heavy atom. The molecule has 4 nitrogen and oxygen atoms in total. The number of ether oxygens (including phenoxy) is 1. The molecular formula is C20H25ClN2O2. The molecule has 1 fully saturated rings. The average Bonchev–Trinajstić information content (AvgIpc) is 2.66. The second-order valence-electron chi connectivity index (χ2n) is 6.22. The van der Waals surface area contributed by atoms with Crippen LogP contribution >= 0.6 is 12.4 Å². The van der Waals surface area contributed by atoms with Crippen LogP contribution in [-0.4, -0.2) is 25.5 Å². The zero-order valence-corrected chi connectivity index (χ0v) is 15.1. The van der Waals surface area contributed by atoms with E-state index >= 15 is 0 Å². The quantitative estimate of drug-likeness (QED) is 0.830. The Morgan fingerprint density at radius 3 is 2.56 bits per heavy atom. The number of hydrogen-bond donors (Lipinski definition) is 2. The van der Waals surface area contributed by atoms with E-state index in [2.05, 4.69) is 10.6 Å². The van der Waals surface area contributed by atoms with Crippen LogP contribution in [0.1, 0.15) is 28.8 Å². The van der Waals surface area contributed by atoms with E-state index in [4.69, 9.17) is 4.74 Å². The molecular weight excluding hydrogens is 336 g/mol. The van der Waals surface area contributed by atoms with Crippen LogP contribution in [0.25, 0.3) is 0 Å². The molecule has 1 heterocycles. The van der Waals surface area contributed by atoms with Crippen LogP contribution in [0.15, 0.2) is 54.6 Å². The van der Waals surface area contributed by atoms with Crippen molar-refractivity contribution in [3.63, 3.8) is 0 Å². The topological polar surface area (TPSA) is 50.4 Å². The van der Waals surface area contributed by atoms with Crippen molar-refractivity contribution in [3.8, 4) is 5.75 Å². The second kappa shape index (κ2) is 10.1. The van der Waals surface area contributed by atoms with Crippen molar-refractivity contribution in [2.24, 2.45) is 5.92 Å². The van der Waals surface area contributed by atoms with Gasteiger partial charge in [0.2, 0.25) is 0 Å². The van der Waals surface area contributed by atoms with Gasteiger partial charge in [0, 0.05) is 12.1 Å². The van der Waals surface area contributed by atoms with Gasteiger partial charge in [-0.25, -0.2) is 0 Å². The van der Waals surface area contributed by atoms with Crippen molar-refractivity contribution >= 4 is 18.3 Å². The second-order valence-corrected chi connectivity index (χ2v) is 6.22. The minimum atomic E-state index is -0.00361. The van der Waals surface area contributed by atoms with Crippen molar-refractivity contribution in [3.05, 3.63) is 65.7 Å². The van der Waals surface area contributed by atoms with E-state index in [-0.39, 0.29) is 18.3 Å². The standard InChI is InChI=1S/C20H24N2O2.ClH/c23-20(22-14-17-5-4-12-21-13-17)18-10-8-16(9-11-18)15-24-19-6-2-1-3-7-19;/h1-3,6-11,17,21H,4-5,12-15H2,(H,22,23);1H. The maximum atomic E-state index is 12.2. The number of amides is 1. The molecule has 2 aromatic carbocycles. The summed E-state index contributed by atoms with van der Waals surface area (Å²) in [5.41, 5.74) is 1.74. The van der Waals surface area contributed by atoms with E-state index < -0.39 is 0 Å². The third-order valence-corrected chi connectivity index (χ3v) is 4.32. The Kier molecular flexibility index (Phi) is 7.76. The van der Waals surface area contributed by atoms with Gasteiger partial charge in [-0.05, 0) is 61.7 Å². The first-order valence-electron chi connectivity index (χ1n) is 8.57. The summed E-state index contributed by atoms with van der Waals surface area (Å²) in [6, 6.07) is 17.3. The molecule has 3 rings (SSSR count). The van der Waals surface area contributed by atoms with Gasteiger partial charge in [0.25, 0.3) is 5.91 Å². The molecule has 0 aromatic heterocycles. The van der Waals surface area contributed by atoms with Crippen molar-refractivity contribution in [1.82, 2.24) is 10.6 Å². The molecule has 0 saturated carbocycles. The summed E-state index contributed by atoms with van der Waals surface area (Å²) in [4.78, 5) is 12.2. The number of piperidine rings is 1. The molecule has 0 radical (unpaired) electrons. The highest BCUT2D eigenvalue weighted by atomic mass is 35.5. The molecule has 5 heteroatoms. The molecule has 0 aliphatic carbocycles. The number of benzene rings is 2. The Hall–Kier alpha value is -2.04. The van der Waals surface area contributed by atoms with Crippen molar-refractivity contribution < 1.29 is 9.53 Å². The number of nitrogens with one attached hydrogen (secondary N) is 2. The van der Waals surface area contributed by atoms with Gasteiger partial charge in [-0.15, -0.1) is 12.4 Å². The Bertz CT molecular complexity index is 641. The summed E-state index contributed by atoms with van der Waals surface area (Å²) >= 11 is 0. The molecule has 134 valence electrons. The lowest BCUT2D eigenvalue weighted by Gasteiger charge is -2.22. The number of rotatable bonds is 6. The van der Waals surface area contributed by atoms with Crippen LogP contribution in [0.5, 0.6) is 5.75 Å². The Balaban J connectivity index is 0.00000225. The first kappa shape index (κ1) is 19.3. The predicted molar refractivity (Wildman–Crippen MR) is 102 cm³/mol. The van der Waals surface area contributed by atoms with Gasteiger partial charge >= 0.3 is 0 Å². The Morgan fingerprint density at radius 2 is 1.88 bits per heavy atom. The summed E-state index contributed by atoms with van der Waals surface area (Å²) in [6.45, 7) is 3.33. The van der Waals surface area contributed by atoms with Crippen LogP contribution in [-0.2, 0) is 6.61 Å². The molecule has 1 atom stereocenters. The maximum Gasteiger partial charge on any atom is 0.251 e.